The zero-order valence-corrected chi connectivity index (χ0v) is 17.6. The van der Waals surface area contributed by atoms with Gasteiger partial charge in [-0.25, -0.2) is 13.6 Å². The van der Waals surface area contributed by atoms with Crippen LogP contribution in [0, 0.1) is 17.3 Å². The lowest BCUT2D eigenvalue weighted by atomic mass is 9.55. The fourth-order valence-electron chi connectivity index (χ4n) is 6.31. The zero-order chi connectivity index (χ0) is 20.3. The molecule has 4 rings (SSSR count). The van der Waals surface area contributed by atoms with Crippen LogP contribution in [0.4, 0.5) is 0 Å². The maximum atomic E-state index is 12.1. The van der Waals surface area contributed by atoms with Crippen molar-refractivity contribution in [3.05, 3.63) is 23.3 Å². The van der Waals surface area contributed by atoms with Gasteiger partial charge in [0.25, 0.3) is 0 Å². The van der Waals surface area contributed by atoms with Crippen molar-refractivity contribution in [2.24, 2.45) is 22.4 Å². The lowest BCUT2D eigenvalue weighted by Gasteiger charge is -2.50. The summed E-state index contributed by atoms with van der Waals surface area (Å²) in [7, 11) is -2.38. The fourth-order valence-corrected chi connectivity index (χ4v) is 7.02. The number of esters is 1. The number of sulfonamides is 1. The number of benzene rings is 1. The van der Waals surface area contributed by atoms with E-state index in [1.807, 2.05) is 6.07 Å². The Morgan fingerprint density at radius 1 is 1.21 bits per heavy atom. The maximum Gasteiger partial charge on any atom is 0.302 e. The van der Waals surface area contributed by atoms with Crippen molar-refractivity contribution in [2.45, 2.75) is 69.3 Å². The Kier molecular flexibility index (Phi) is 4.74. The number of ether oxygens (including phenoxy) is 2. The third-order valence-corrected chi connectivity index (χ3v) is 8.47. The van der Waals surface area contributed by atoms with Crippen molar-refractivity contribution < 1.29 is 22.7 Å². The first-order chi connectivity index (χ1) is 13.1. The third-order valence-electron chi connectivity index (χ3n) is 7.54. The number of carbonyl (C=O) groups is 1. The second-order valence-corrected chi connectivity index (χ2v) is 10.4. The highest BCUT2D eigenvalue weighted by atomic mass is 32.2. The number of methoxy groups -OCH3 is 1. The molecule has 0 bridgehead atoms. The van der Waals surface area contributed by atoms with Crippen LogP contribution in [-0.4, -0.2) is 27.6 Å². The van der Waals surface area contributed by atoms with Gasteiger partial charge in [0.1, 0.15) is 16.7 Å². The monoisotopic (exact) mass is 407 g/mol. The zero-order valence-electron chi connectivity index (χ0n) is 16.7. The molecule has 0 aliphatic heterocycles. The molecule has 2 fully saturated rings. The Bertz CT molecular complexity index is 912. The molecule has 0 radical (unpaired) electrons. The van der Waals surface area contributed by atoms with Crippen LogP contribution in [0.5, 0.6) is 5.75 Å². The lowest BCUT2D eigenvalue weighted by Crippen LogP contribution is -2.45. The number of carbonyl (C=O) groups excluding carboxylic acids is 1. The Morgan fingerprint density at radius 2 is 1.96 bits per heavy atom. The number of fused-ring (bicyclic) bond motifs is 5. The standard InChI is InChI=1S/C21H29NO5S/c1-12(23)27-20-7-6-17-15-5-4-13-10-18(26-3)19(28(22,24)25)11-16(13)14(15)8-9-21(17,20)2/h10-11,14-15,17,20H,4-9H2,1-3H3,(H2,22,24,25)/t14-,15+,17-,20-,21-/m0/s1. The molecule has 2 N–H and O–H groups in total. The van der Waals surface area contributed by atoms with Crippen LogP contribution in [0.25, 0.3) is 0 Å². The van der Waals surface area contributed by atoms with Gasteiger partial charge < -0.3 is 9.47 Å². The van der Waals surface area contributed by atoms with Crippen LogP contribution in [0.15, 0.2) is 17.0 Å². The van der Waals surface area contributed by atoms with Crippen molar-refractivity contribution in [3.8, 4) is 5.75 Å². The predicted molar refractivity (Wildman–Crippen MR) is 105 cm³/mol. The summed E-state index contributed by atoms with van der Waals surface area (Å²) in [6, 6.07) is 3.61. The van der Waals surface area contributed by atoms with Gasteiger partial charge in [-0.2, -0.15) is 0 Å². The first kappa shape index (κ1) is 19.7. The Morgan fingerprint density at radius 3 is 2.61 bits per heavy atom. The van der Waals surface area contributed by atoms with Crippen LogP contribution in [-0.2, 0) is 26.0 Å². The molecule has 2 saturated carbocycles. The van der Waals surface area contributed by atoms with Gasteiger partial charge >= 0.3 is 5.97 Å². The molecule has 154 valence electrons. The summed E-state index contributed by atoms with van der Waals surface area (Å²) in [5, 5.41) is 5.45. The number of primary sulfonamides is 1. The maximum absolute atomic E-state index is 12.1. The first-order valence-electron chi connectivity index (χ1n) is 10.1. The lowest BCUT2D eigenvalue weighted by molar-refractivity contribution is -0.154. The molecule has 3 aliphatic carbocycles. The number of aryl methyl sites for hydroxylation is 1. The highest BCUT2D eigenvalue weighted by Gasteiger charge is 2.56. The van der Waals surface area contributed by atoms with Crippen molar-refractivity contribution in [1.29, 1.82) is 0 Å². The predicted octanol–water partition coefficient (Wildman–Crippen LogP) is 3.13. The average Bonchev–Trinajstić information content (AvgIpc) is 2.95. The summed E-state index contributed by atoms with van der Waals surface area (Å²) in [5.41, 5.74) is 2.29. The number of hydrogen-bond acceptors (Lipinski definition) is 5. The van der Waals surface area contributed by atoms with E-state index in [2.05, 4.69) is 6.92 Å². The Balaban J connectivity index is 1.70. The molecular formula is C21H29NO5S. The number of rotatable bonds is 3. The molecule has 1 aromatic rings. The van der Waals surface area contributed by atoms with E-state index in [1.54, 1.807) is 6.07 Å². The largest absolute Gasteiger partial charge is 0.495 e. The Hall–Kier alpha value is -1.60. The molecule has 28 heavy (non-hydrogen) atoms. The van der Waals surface area contributed by atoms with Crippen LogP contribution in [0.2, 0.25) is 0 Å². The van der Waals surface area contributed by atoms with Crippen molar-refractivity contribution >= 4 is 16.0 Å². The molecular weight excluding hydrogens is 378 g/mol. The summed E-state index contributed by atoms with van der Waals surface area (Å²) >= 11 is 0. The van der Waals surface area contributed by atoms with Gasteiger partial charge in [-0.15, -0.1) is 0 Å². The van der Waals surface area contributed by atoms with Crippen LogP contribution in [0.1, 0.15) is 63.0 Å². The summed E-state index contributed by atoms with van der Waals surface area (Å²) in [5.74, 6) is 1.42. The smallest absolute Gasteiger partial charge is 0.302 e. The molecule has 1 aromatic carbocycles. The summed E-state index contributed by atoms with van der Waals surface area (Å²) in [6.07, 6.45) is 5.90. The van der Waals surface area contributed by atoms with Gasteiger partial charge in [0, 0.05) is 12.3 Å². The third kappa shape index (κ3) is 3.03. The van der Waals surface area contributed by atoms with E-state index in [-0.39, 0.29) is 22.4 Å². The van der Waals surface area contributed by atoms with Crippen LogP contribution in [0.3, 0.4) is 0 Å². The minimum atomic E-state index is -3.85. The molecule has 0 aromatic heterocycles. The molecule has 6 nitrogen and oxygen atoms in total. The van der Waals surface area contributed by atoms with Gasteiger partial charge in [-0.3, -0.25) is 4.79 Å². The number of nitrogens with two attached hydrogens (primary N) is 1. The highest BCUT2D eigenvalue weighted by molar-refractivity contribution is 7.89. The van der Waals surface area contributed by atoms with Gasteiger partial charge in [0.15, 0.2) is 0 Å². The second-order valence-electron chi connectivity index (χ2n) is 8.88. The fraction of sp³-hybridized carbons (Fsp3) is 0.667. The van der Waals surface area contributed by atoms with E-state index in [4.69, 9.17) is 14.6 Å². The van der Waals surface area contributed by atoms with E-state index in [9.17, 15) is 13.2 Å². The average molecular weight is 408 g/mol. The summed E-state index contributed by atoms with van der Waals surface area (Å²) in [6.45, 7) is 3.76. The van der Waals surface area contributed by atoms with E-state index in [0.717, 1.165) is 44.1 Å². The summed E-state index contributed by atoms with van der Waals surface area (Å²) < 4.78 is 35.2. The highest BCUT2D eigenvalue weighted by Crippen LogP contribution is 2.61. The normalized spacial score (nSPS) is 34.1. The van der Waals surface area contributed by atoms with E-state index in [1.165, 1.54) is 19.6 Å². The van der Waals surface area contributed by atoms with Gasteiger partial charge in [0.05, 0.1) is 7.11 Å². The van der Waals surface area contributed by atoms with Crippen LogP contribution < -0.4 is 9.88 Å². The van der Waals surface area contributed by atoms with E-state index < -0.39 is 10.0 Å². The van der Waals surface area contributed by atoms with Gasteiger partial charge in [0.2, 0.25) is 10.0 Å². The second kappa shape index (κ2) is 6.73. The molecule has 0 unspecified atom stereocenters. The SMILES string of the molecule is COc1cc2c(cc1S(N)(=O)=O)[C@H]1CC[C@]3(C)[C@@H](OC(C)=O)CC[C@H]3[C@@H]1CC2. The number of hydrogen-bond donors (Lipinski definition) is 1. The quantitative estimate of drug-likeness (QED) is 0.777. The summed E-state index contributed by atoms with van der Waals surface area (Å²) in [4.78, 5) is 11.6. The van der Waals surface area contributed by atoms with E-state index >= 15 is 0 Å². The van der Waals surface area contributed by atoms with Crippen LogP contribution >= 0.6 is 0 Å². The van der Waals surface area contributed by atoms with E-state index in [0.29, 0.717) is 23.5 Å². The molecule has 0 amide bonds. The molecule has 0 heterocycles. The van der Waals surface area contributed by atoms with Crippen molar-refractivity contribution in [1.82, 2.24) is 0 Å². The Labute approximate surface area is 166 Å². The molecule has 7 heteroatoms. The first-order valence-corrected chi connectivity index (χ1v) is 11.6. The van der Waals surface area contributed by atoms with Gasteiger partial charge in [-0.1, -0.05) is 6.92 Å². The van der Waals surface area contributed by atoms with Crippen molar-refractivity contribution in [3.63, 3.8) is 0 Å². The minimum absolute atomic E-state index is 0.00630. The van der Waals surface area contributed by atoms with Crippen molar-refractivity contribution in [2.75, 3.05) is 7.11 Å². The van der Waals surface area contributed by atoms with Gasteiger partial charge in [-0.05, 0) is 79.5 Å². The molecule has 5 atom stereocenters. The topological polar surface area (TPSA) is 95.7 Å². The molecule has 0 spiro atoms. The minimum Gasteiger partial charge on any atom is -0.495 e. The molecule has 0 saturated heterocycles. The molecule has 3 aliphatic rings.